The van der Waals surface area contributed by atoms with Crippen LogP contribution in [0.4, 0.5) is 4.39 Å². The van der Waals surface area contributed by atoms with Crippen molar-refractivity contribution in [3.63, 3.8) is 0 Å². The van der Waals surface area contributed by atoms with Crippen LogP contribution in [-0.2, 0) is 6.42 Å². The van der Waals surface area contributed by atoms with Crippen molar-refractivity contribution in [2.75, 3.05) is 6.54 Å². The van der Waals surface area contributed by atoms with Crippen LogP contribution >= 0.6 is 0 Å². The third-order valence-electron chi connectivity index (χ3n) is 3.79. The number of fused-ring (bicyclic) bond motifs is 1. The van der Waals surface area contributed by atoms with Gasteiger partial charge in [0.05, 0.1) is 0 Å². The smallest absolute Gasteiger partial charge is 0.125 e. The molecular formula is C17H25FN2. The minimum Gasteiger partial charge on any atom is -0.361 e. The van der Waals surface area contributed by atoms with E-state index in [1.807, 2.05) is 12.3 Å². The zero-order valence-corrected chi connectivity index (χ0v) is 12.7. The lowest BCUT2D eigenvalue weighted by atomic mass is 10.0. The SMILES string of the molecule is CC(C)CC[C@@H](C)NCCc1c[nH]c2cc(F)ccc12. The van der Waals surface area contributed by atoms with Crippen LogP contribution in [0.3, 0.4) is 0 Å². The predicted octanol–water partition coefficient (Wildman–Crippen LogP) is 4.26. The maximum atomic E-state index is 13.1. The maximum Gasteiger partial charge on any atom is 0.125 e. The highest BCUT2D eigenvalue weighted by atomic mass is 19.1. The van der Waals surface area contributed by atoms with E-state index in [1.54, 1.807) is 6.07 Å². The Hall–Kier alpha value is -1.35. The Kier molecular flexibility index (Phi) is 5.18. The topological polar surface area (TPSA) is 27.8 Å². The van der Waals surface area contributed by atoms with Crippen molar-refractivity contribution < 1.29 is 4.39 Å². The second-order valence-corrected chi connectivity index (χ2v) is 6.08. The van der Waals surface area contributed by atoms with E-state index in [1.165, 1.54) is 24.5 Å². The van der Waals surface area contributed by atoms with Crippen molar-refractivity contribution in [3.8, 4) is 0 Å². The highest BCUT2D eigenvalue weighted by molar-refractivity contribution is 5.83. The molecule has 2 rings (SSSR count). The summed E-state index contributed by atoms with van der Waals surface area (Å²) in [5.41, 5.74) is 2.14. The summed E-state index contributed by atoms with van der Waals surface area (Å²) < 4.78 is 13.1. The molecule has 0 bridgehead atoms. The molecule has 20 heavy (non-hydrogen) atoms. The summed E-state index contributed by atoms with van der Waals surface area (Å²) in [5, 5.41) is 4.69. The molecule has 0 saturated carbocycles. The minimum atomic E-state index is -0.189. The summed E-state index contributed by atoms with van der Waals surface area (Å²) in [4.78, 5) is 3.14. The summed E-state index contributed by atoms with van der Waals surface area (Å²) in [7, 11) is 0. The fraction of sp³-hybridized carbons (Fsp3) is 0.529. The summed E-state index contributed by atoms with van der Waals surface area (Å²) >= 11 is 0. The highest BCUT2D eigenvalue weighted by Crippen LogP contribution is 2.19. The van der Waals surface area contributed by atoms with Crippen molar-refractivity contribution in [3.05, 3.63) is 35.8 Å². The summed E-state index contributed by atoms with van der Waals surface area (Å²) in [6.07, 6.45) is 5.44. The number of halogens is 1. The zero-order chi connectivity index (χ0) is 14.5. The monoisotopic (exact) mass is 276 g/mol. The molecule has 1 aromatic heterocycles. The molecule has 3 heteroatoms. The van der Waals surface area contributed by atoms with E-state index in [0.29, 0.717) is 6.04 Å². The van der Waals surface area contributed by atoms with E-state index < -0.39 is 0 Å². The van der Waals surface area contributed by atoms with Crippen LogP contribution in [0.15, 0.2) is 24.4 Å². The Bertz CT molecular complexity index is 545. The molecule has 0 aliphatic rings. The van der Waals surface area contributed by atoms with Crippen LogP contribution in [0.5, 0.6) is 0 Å². The minimum absolute atomic E-state index is 0.189. The molecule has 0 aliphatic carbocycles. The van der Waals surface area contributed by atoms with Gasteiger partial charge < -0.3 is 10.3 Å². The van der Waals surface area contributed by atoms with E-state index in [2.05, 4.69) is 31.1 Å². The summed E-state index contributed by atoms with van der Waals surface area (Å²) in [6, 6.07) is 5.49. The molecule has 2 N–H and O–H groups in total. The highest BCUT2D eigenvalue weighted by Gasteiger charge is 2.06. The molecule has 0 spiro atoms. The number of benzene rings is 1. The van der Waals surface area contributed by atoms with Crippen LogP contribution in [0.25, 0.3) is 10.9 Å². The quantitative estimate of drug-likeness (QED) is 0.777. The van der Waals surface area contributed by atoms with E-state index in [0.717, 1.165) is 29.8 Å². The molecule has 2 aromatic rings. The van der Waals surface area contributed by atoms with Gasteiger partial charge in [0, 0.05) is 23.1 Å². The van der Waals surface area contributed by atoms with Gasteiger partial charge in [-0.15, -0.1) is 0 Å². The summed E-state index contributed by atoms with van der Waals surface area (Å²) in [5.74, 6) is 0.578. The first-order chi connectivity index (χ1) is 9.56. The number of aromatic amines is 1. The molecule has 110 valence electrons. The molecule has 1 heterocycles. The maximum absolute atomic E-state index is 13.1. The lowest BCUT2D eigenvalue weighted by molar-refractivity contribution is 0.454. The third kappa shape index (κ3) is 4.07. The van der Waals surface area contributed by atoms with E-state index in [-0.39, 0.29) is 5.82 Å². The lowest BCUT2D eigenvalue weighted by Gasteiger charge is -2.14. The van der Waals surface area contributed by atoms with Crippen LogP contribution in [0.2, 0.25) is 0 Å². The van der Waals surface area contributed by atoms with Gasteiger partial charge in [-0.2, -0.15) is 0 Å². The molecule has 0 radical (unpaired) electrons. The third-order valence-corrected chi connectivity index (χ3v) is 3.79. The van der Waals surface area contributed by atoms with E-state index in [9.17, 15) is 4.39 Å². The van der Waals surface area contributed by atoms with Crippen molar-refractivity contribution in [2.45, 2.75) is 46.1 Å². The Morgan fingerprint density at radius 2 is 2.00 bits per heavy atom. The Balaban J connectivity index is 1.84. The van der Waals surface area contributed by atoms with Crippen LogP contribution in [0.1, 0.15) is 39.2 Å². The predicted molar refractivity (Wildman–Crippen MR) is 83.5 cm³/mol. The molecule has 2 nitrogen and oxygen atoms in total. The molecule has 0 amide bonds. The van der Waals surface area contributed by atoms with E-state index >= 15 is 0 Å². The van der Waals surface area contributed by atoms with Crippen LogP contribution < -0.4 is 5.32 Å². The van der Waals surface area contributed by atoms with Gasteiger partial charge >= 0.3 is 0 Å². The number of rotatable bonds is 7. The van der Waals surface area contributed by atoms with Crippen molar-refractivity contribution in [1.82, 2.24) is 10.3 Å². The molecule has 0 aliphatic heterocycles. The van der Waals surface area contributed by atoms with Crippen molar-refractivity contribution in [2.24, 2.45) is 5.92 Å². The largest absolute Gasteiger partial charge is 0.361 e. The van der Waals surface area contributed by atoms with Crippen molar-refractivity contribution >= 4 is 10.9 Å². The molecule has 1 atom stereocenters. The number of aromatic nitrogens is 1. The fourth-order valence-corrected chi connectivity index (χ4v) is 2.50. The van der Waals surface area contributed by atoms with Crippen molar-refractivity contribution in [1.29, 1.82) is 0 Å². The van der Waals surface area contributed by atoms with Gasteiger partial charge in [-0.1, -0.05) is 13.8 Å². The first kappa shape index (κ1) is 15.0. The Labute approximate surface area is 120 Å². The number of H-pyrrole nitrogens is 1. The molecule has 0 unspecified atom stereocenters. The number of nitrogens with one attached hydrogen (secondary N) is 2. The van der Waals surface area contributed by atoms with Crippen LogP contribution in [-0.4, -0.2) is 17.6 Å². The van der Waals surface area contributed by atoms with Gasteiger partial charge in [0.25, 0.3) is 0 Å². The molecule has 1 aromatic carbocycles. The Morgan fingerprint density at radius 1 is 1.20 bits per heavy atom. The average Bonchev–Trinajstić information content (AvgIpc) is 2.79. The first-order valence-electron chi connectivity index (χ1n) is 7.55. The van der Waals surface area contributed by atoms with Gasteiger partial charge in [-0.25, -0.2) is 4.39 Å². The summed E-state index contributed by atoms with van der Waals surface area (Å²) in [6.45, 7) is 7.73. The average molecular weight is 276 g/mol. The van der Waals surface area contributed by atoms with Gasteiger partial charge in [0.1, 0.15) is 5.82 Å². The normalized spacial score (nSPS) is 13.2. The molecular weight excluding hydrogens is 251 g/mol. The second-order valence-electron chi connectivity index (χ2n) is 6.08. The second kappa shape index (κ2) is 6.89. The molecule has 0 saturated heterocycles. The fourth-order valence-electron chi connectivity index (χ4n) is 2.50. The zero-order valence-electron chi connectivity index (χ0n) is 12.7. The first-order valence-corrected chi connectivity index (χ1v) is 7.55. The van der Waals surface area contributed by atoms with Gasteiger partial charge in [-0.3, -0.25) is 0 Å². The standard InChI is InChI=1S/C17H25FN2/c1-12(2)4-5-13(3)19-9-8-14-11-20-17-10-15(18)6-7-16(14)17/h6-7,10-13,19-20H,4-5,8-9H2,1-3H3/t13-/m1/s1. The van der Waals surface area contributed by atoms with Gasteiger partial charge in [0.15, 0.2) is 0 Å². The van der Waals surface area contributed by atoms with Gasteiger partial charge in [-0.05, 0) is 62.4 Å². The van der Waals surface area contributed by atoms with Gasteiger partial charge in [0.2, 0.25) is 0 Å². The number of hydrogen-bond donors (Lipinski definition) is 2. The lowest BCUT2D eigenvalue weighted by Crippen LogP contribution is -2.28. The molecule has 0 fully saturated rings. The van der Waals surface area contributed by atoms with Crippen LogP contribution in [0, 0.1) is 11.7 Å². The van der Waals surface area contributed by atoms with E-state index in [4.69, 9.17) is 0 Å². The number of hydrogen-bond acceptors (Lipinski definition) is 1. The Morgan fingerprint density at radius 3 is 2.75 bits per heavy atom.